The summed E-state index contributed by atoms with van der Waals surface area (Å²) in [6.45, 7) is 1.13. The number of carbonyl (C=O) groups is 2. The average Bonchev–Trinajstić information content (AvgIpc) is 2.76. The van der Waals surface area contributed by atoms with Crippen LogP contribution in [-0.2, 0) is 4.74 Å². The fraction of sp³-hybridized carbons (Fsp3) is 0.500. The SMILES string of the molecule is COC(=O)c1ccc(NC(=O)N2C[C@H]3CC[C@@H](C2)C3O)cc1Cl. The highest BCUT2D eigenvalue weighted by atomic mass is 35.5. The molecular weight excluding hydrogens is 320 g/mol. The van der Waals surface area contributed by atoms with Crippen LogP contribution in [-0.4, -0.2) is 48.3 Å². The number of piperidine rings is 1. The molecule has 2 amide bonds. The van der Waals surface area contributed by atoms with Crippen molar-refractivity contribution in [1.82, 2.24) is 4.90 Å². The Balaban J connectivity index is 1.67. The molecule has 1 unspecified atom stereocenters. The summed E-state index contributed by atoms with van der Waals surface area (Å²) < 4.78 is 4.63. The molecule has 2 bridgehead atoms. The fourth-order valence-corrected chi connectivity index (χ4v) is 3.69. The van der Waals surface area contributed by atoms with Crippen LogP contribution in [0.4, 0.5) is 10.5 Å². The zero-order chi connectivity index (χ0) is 16.6. The first-order valence-corrected chi connectivity index (χ1v) is 7.99. The Bertz CT molecular complexity index is 623. The van der Waals surface area contributed by atoms with Gasteiger partial charge in [0, 0.05) is 30.6 Å². The Kier molecular flexibility index (Phi) is 4.46. The molecule has 1 aromatic rings. The Hall–Kier alpha value is -1.79. The number of amides is 2. The van der Waals surface area contributed by atoms with Gasteiger partial charge in [-0.1, -0.05) is 11.6 Å². The second-order valence-electron chi connectivity index (χ2n) is 6.11. The van der Waals surface area contributed by atoms with Gasteiger partial charge in [0.15, 0.2) is 0 Å². The van der Waals surface area contributed by atoms with Crippen molar-refractivity contribution in [2.75, 3.05) is 25.5 Å². The summed E-state index contributed by atoms with van der Waals surface area (Å²) in [5.41, 5.74) is 0.775. The predicted molar refractivity (Wildman–Crippen MR) is 85.6 cm³/mol. The van der Waals surface area contributed by atoms with E-state index in [2.05, 4.69) is 10.1 Å². The molecular formula is C16H19ClN2O4. The monoisotopic (exact) mass is 338 g/mol. The summed E-state index contributed by atoms with van der Waals surface area (Å²) in [6.07, 6.45) is 1.65. The largest absolute Gasteiger partial charge is 0.465 e. The van der Waals surface area contributed by atoms with Crippen LogP contribution in [0.25, 0.3) is 0 Å². The Morgan fingerprint density at radius 1 is 1.30 bits per heavy atom. The maximum Gasteiger partial charge on any atom is 0.339 e. The third-order valence-corrected chi connectivity index (χ3v) is 5.01. The second-order valence-corrected chi connectivity index (χ2v) is 6.52. The number of anilines is 1. The van der Waals surface area contributed by atoms with Gasteiger partial charge in [0.2, 0.25) is 0 Å². The standard InChI is InChI=1S/C16H19ClN2O4/c1-23-15(21)12-5-4-11(6-13(12)17)18-16(22)19-7-9-2-3-10(8-19)14(9)20/h4-6,9-10,14,20H,2-3,7-8H2,1H3,(H,18,22)/t9-,10+,14?. The quantitative estimate of drug-likeness (QED) is 0.811. The number of carbonyl (C=O) groups excluding carboxylic acids is 2. The second kappa shape index (κ2) is 6.37. The molecule has 6 nitrogen and oxygen atoms in total. The van der Waals surface area contributed by atoms with Crippen molar-refractivity contribution < 1.29 is 19.4 Å². The van der Waals surface area contributed by atoms with E-state index in [0.29, 0.717) is 18.8 Å². The first-order valence-electron chi connectivity index (χ1n) is 7.61. The number of esters is 1. The molecule has 1 aromatic carbocycles. The number of hydrogen-bond donors (Lipinski definition) is 2. The van der Waals surface area contributed by atoms with Gasteiger partial charge in [-0.2, -0.15) is 0 Å². The number of urea groups is 1. The van der Waals surface area contributed by atoms with E-state index in [0.717, 1.165) is 12.8 Å². The van der Waals surface area contributed by atoms with Gasteiger partial charge < -0.3 is 20.1 Å². The fourth-order valence-electron chi connectivity index (χ4n) is 3.43. The zero-order valence-electron chi connectivity index (χ0n) is 12.8. The van der Waals surface area contributed by atoms with Gasteiger partial charge in [-0.25, -0.2) is 9.59 Å². The van der Waals surface area contributed by atoms with E-state index in [-0.39, 0.29) is 34.6 Å². The maximum absolute atomic E-state index is 12.4. The number of rotatable bonds is 2. The summed E-state index contributed by atoms with van der Waals surface area (Å²) in [4.78, 5) is 25.6. The number of aliphatic hydroxyl groups is 1. The van der Waals surface area contributed by atoms with Crippen molar-refractivity contribution in [3.05, 3.63) is 28.8 Å². The van der Waals surface area contributed by atoms with Crippen LogP contribution < -0.4 is 5.32 Å². The normalized spacial score (nSPS) is 26.0. The van der Waals surface area contributed by atoms with Gasteiger partial charge in [-0.05, 0) is 31.0 Å². The van der Waals surface area contributed by atoms with Gasteiger partial charge in [-0.3, -0.25) is 0 Å². The highest BCUT2D eigenvalue weighted by Gasteiger charge is 2.42. The van der Waals surface area contributed by atoms with Crippen LogP contribution in [0.2, 0.25) is 5.02 Å². The van der Waals surface area contributed by atoms with E-state index in [1.807, 2.05) is 0 Å². The third kappa shape index (κ3) is 3.14. The zero-order valence-corrected chi connectivity index (χ0v) is 13.5. The van der Waals surface area contributed by atoms with Crippen LogP contribution in [0.1, 0.15) is 23.2 Å². The highest BCUT2D eigenvalue weighted by molar-refractivity contribution is 6.33. The van der Waals surface area contributed by atoms with Gasteiger partial charge in [0.25, 0.3) is 0 Å². The number of likely N-dealkylation sites (tertiary alicyclic amines) is 1. The van der Waals surface area contributed by atoms with Crippen molar-refractivity contribution in [2.24, 2.45) is 11.8 Å². The van der Waals surface area contributed by atoms with Crippen LogP contribution in [0.5, 0.6) is 0 Å². The van der Waals surface area contributed by atoms with E-state index in [1.54, 1.807) is 11.0 Å². The molecule has 1 saturated carbocycles. The number of ether oxygens (including phenoxy) is 1. The Morgan fingerprint density at radius 3 is 2.52 bits per heavy atom. The van der Waals surface area contributed by atoms with E-state index >= 15 is 0 Å². The van der Waals surface area contributed by atoms with Gasteiger partial charge in [0.1, 0.15) is 0 Å². The van der Waals surface area contributed by atoms with E-state index in [4.69, 9.17) is 11.6 Å². The number of hydrogen-bond acceptors (Lipinski definition) is 4. The summed E-state index contributed by atoms with van der Waals surface area (Å²) in [7, 11) is 1.29. The molecule has 1 heterocycles. The lowest BCUT2D eigenvalue weighted by Crippen LogP contribution is -2.48. The number of nitrogens with one attached hydrogen (secondary N) is 1. The highest BCUT2D eigenvalue weighted by Crippen LogP contribution is 2.37. The lowest BCUT2D eigenvalue weighted by Gasteiger charge is -2.35. The maximum atomic E-state index is 12.4. The van der Waals surface area contributed by atoms with Crippen molar-refractivity contribution in [1.29, 1.82) is 0 Å². The minimum Gasteiger partial charge on any atom is -0.465 e. The third-order valence-electron chi connectivity index (χ3n) is 4.70. The molecule has 7 heteroatoms. The Morgan fingerprint density at radius 2 is 1.96 bits per heavy atom. The predicted octanol–water partition coefficient (Wildman–Crippen LogP) is 2.36. The minimum atomic E-state index is -0.519. The number of benzene rings is 1. The summed E-state index contributed by atoms with van der Waals surface area (Å²) in [5.74, 6) is -0.177. The first-order chi connectivity index (χ1) is 11.0. The lowest BCUT2D eigenvalue weighted by atomic mass is 9.95. The van der Waals surface area contributed by atoms with Crippen LogP contribution in [0.3, 0.4) is 0 Å². The van der Waals surface area contributed by atoms with Gasteiger partial charge in [0.05, 0.1) is 23.8 Å². The summed E-state index contributed by atoms with van der Waals surface area (Å²) >= 11 is 6.05. The molecule has 0 spiro atoms. The van der Waals surface area contributed by atoms with Crippen molar-refractivity contribution >= 4 is 29.3 Å². The number of aliphatic hydroxyl groups excluding tert-OH is 1. The molecule has 3 atom stereocenters. The van der Waals surface area contributed by atoms with Crippen LogP contribution in [0.15, 0.2) is 18.2 Å². The number of methoxy groups -OCH3 is 1. The number of nitrogens with zero attached hydrogens (tertiary/aromatic N) is 1. The molecule has 1 aliphatic carbocycles. The molecule has 2 N–H and O–H groups in total. The van der Waals surface area contributed by atoms with Crippen molar-refractivity contribution in [2.45, 2.75) is 18.9 Å². The first kappa shape index (κ1) is 16.1. The smallest absolute Gasteiger partial charge is 0.339 e. The van der Waals surface area contributed by atoms with Gasteiger partial charge >= 0.3 is 12.0 Å². The van der Waals surface area contributed by atoms with Crippen LogP contribution >= 0.6 is 11.6 Å². The summed E-state index contributed by atoms with van der Waals surface area (Å²) in [5, 5.41) is 13.0. The van der Waals surface area contributed by atoms with Crippen LogP contribution in [0, 0.1) is 11.8 Å². The molecule has 3 rings (SSSR count). The molecule has 2 fully saturated rings. The number of halogens is 1. The molecule has 2 aliphatic rings. The van der Waals surface area contributed by atoms with E-state index in [9.17, 15) is 14.7 Å². The molecule has 1 saturated heterocycles. The van der Waals surface area contributed by atoms with E-state index < -0.39 is 5.97 Å². The molecule has 0 radical (unpaired) electrons. The molecule has 1 aliphatic heterocycles. The lowest BCUT2D eigenvalue weighted by molar-refractivity contribution is 0.0326. The topological polar surface area (TPSA) is 78.9 Å². The van der Waals surface area contributed by atoms with E-state index in [1.165, 1.54) is 19.2 Å². The number of fused-ring (bicyclic) bond motifs is 2. The van der Waals surface area contributed by atoms with Crippen molar-refractivity contribution in [3.8, 4) is 0 Å². The summed E-state index contributed by atoms with van der Waals surface area (Å²) in [6, 6.07) is 4.45. The van der Waals surface area contributed by atoms with Crippen molar-refractivity contribution in [3.63, 3.8) is 0 Å². The minimum absolute atomic E-state index is 0.171. The molecule has 23 heavy (non-hydrogen) atoms. The molecule has 124 valence electrons. The Labute approximate surface area is 139 Å². The average molecular weight is 339 g/mol. The van der Waals surface area contributed by atoms with Gasteiger partial charge in [-0.15, -0.1) is 0 Å². The molecule has 0 aromatic heterocycles.